The lowest BCUT2D eigenvalue weighted by Crippen LogP contribution is -2.41. The van der Waals surface area contributed by atoms with Gasteiger partial charge in [0.1, 0.15) is 5.57 Å². The van der Waals surface area contributed by atoms with E-state index >= 15 is 0 Å². The maximum absolute atomic E-state index is 13.8. The van der Waals surface area contributed by atoms with Crippen LogP contribution in [-0.2, 0) is 54.0 Å². The van der Waals surface area contributed by atoms with Crippen LogP contribution < -0.4 is 14.9 Å². The molecule has 0 spiro atoms. The molecule has 2 heterocycles. The standard InChI is InChI=1S/C33H31N3O14S4/c1-33(2)28-21-26(54(44,45)46)17-18-29(28)34(19-20-53(41,42)43)30(33)8-6-4-3-5-7-27-31(37)35(22-9-13-24(14-10-22)51-49-47-39)36(32(27)38)23-11-15-25(16-12-23)52-50-48-40/h3-18,21,39-40H,19-20H2,1-2H3,(H,41,42,43)(H,44,45,46). The van der Waals surface area contributed by atoms with Crippen molar-refractivity contribution in [2.45, 2.75) is 33.9 Å². The Labute approximate surface area is 318 Å². The molecule has 3 aromatic carbocycles. The fraction of sp³-hybridized carbons (Fsp3) is 0.152. The summed E-state index contributed by atoms with van der Waals surface area (Å²) in [5.41, 5.74) is 1.14. The van der Waals surface area contributed by atoms with Crippen LogP contribution >= 0.6 is 24.1 Å². The van der Waals surface area contributed by atoms with E-state index in [4.69, 9.17) is 10.5 Å². The summed E-state index contributed by atoms with van der Waals surface area (Å²) in [7, 11) is -8.88. The first kappa shape index (κ1) is 40.8. The molecule has 1 saturated heterocycles. The van der Waals surface area contributed by atoms with Crippen molar-refractivity contribution >= 4 is 73.2 Å². The van der Waals surface area contributed by atoms with Crippen LogP contribution in [0.25, 0.3) is 0 Å². The first-order valence-electron chi connectivity index (χ1n) is 15.4. The highest BCUT2D eigenvalue weighted by atomic mass is 32.2. The van der Waals surface area contributed by atoms with E-state index in [0.29, 0.717) is 62.2 Å². The molecule has 286 valence electrons. The molecule has 5 rings (SSSR count). The van der Waals surface area contributed by atoms with Crippen LogP contribution in [0.15, 0.2) is 129 Å². The molecule has 2 aliphatic heterocycles. The Kier molecular flexibility index (Phi) is 12.8. The van der Waals surface area contributed by atoms with E-state index < -0.39 is 43.2 Å². The zero-order valence-corrected chi connectivity index (χ0v) is 31.3. The number of hydrazine groups is 1. The summed E-state index contributed by atoms with van der Waals surface area (Å²) in [6.07, 6.45) is 9.25. The number of nitrogens with zero attached hydrogens (tertiary/aromatic N) is 3. The van der Waals surface area contributed by atoms with Gasteiger partial charge in [-0.25, -0.2) is 20.5 Å². The molecule has 0 bridgehead atoms. The first-order chi connectivity index (χ1) is 25.6. The number of fused-ring (bicyclic) bond motifs is 1. The van der Waals surface area contributed by atoms with Crippen molar-refractivity contribution in [2.75, 3.05) is 27.2 Å². The first-order valence-corrected chi connectivity index (χ1v) is 19.9. The lowest BCUT2D eigenvalue weighted by molar-refractivity contribution is -0.432. The number of allylic oxidation sites excluding steroid dienone is 7. The third-order valence-corrected chi connectivity index (χ3v) is 10.8. The number of carbonyl (C=O) groups excluding carboxylic acids is 2. The Morgan fingerprint density at radius 1 is 0.722 bits per heavy atom. The lowest BCUT2D eigenvalue weighted by Gasteiger charge is -2.27. The number of benzene rings is 3. The van der Waals surface area contributed by atoms with Crippen LogP contribution in [0.1, 0.15) is 19.4 Å². The zero-order valence-electron chi connectivity index (χ0n) is 28.1. The molecule has 21 heteroatoms. The van der Waals surface area contributed by atoms with Crippen LogP contribution in [0.2, 0.25) is 0 Å². The molecule has 0 saturated carbocycles. The molecule has 17 nitrogen and oxygen atoms in total. The van der Waals surface area contributed by atoms with Crippen molar-refractivity contribution in [1.29, 1.82) is 0 Å². The van der Waals surface area contributed by atoms with Gasteiger partial charge >= 0.3 is 0 Å². The number of amides is 2. The Morgan fingerprint density at radius 2 is 1.22 bits per heavy atom. The van der Waals surface area contributed by atoms with Crippen molar-refractivity contribution in [3.63, 3.8) is 0 Å². The van der Waals surface area contributed by atoms with E-state index in [2.05, 4.69) is 18.7 Å². The third-order valence-electron chi connectivity index (χ3n) is 8.11. The number of rotatable bonds is 15. The smallest absolute Gasteiger partial charge is 0.294 e. The maximum atomic E-state index is 13.8. The summed E-state index contributed by atoms with van der Waals surface area (Å²) in [6, 6.07) is 16.5. The van der Waals surface area contributed by atoms with Crippen molar-refractivity contribution in [3.05, 3.63) is 120 Å². The minimum atomic E-state index is -4.53. The van der Waals surface area contributed by atoms with E-state index in [1.165, 1.54) is 40.4 Å². The minimum absolute atomic E-state index is 0.155. The van der Waals surface area contributed by atoms with Gasteiger partial charge in [-0.15, -0.1) is 8.67 Å². The summed E-state index contributed by atoms with van der Waals surface area (Å²) in [5, 5.41) is 26.5. The van der Waals surface area contributed by atoms with Crippen LogP contribution in [0.5, 0.6) is 0 Å². The molecular weight excluding hydrogens is 791 g/mol. The Balaban J connectivity index is 1.43. The van der Waals surface area contributed by atoms with Gasteiger partial charge in [-0.05, 0) is 84.4 Å². The zero-order chi connectivity index (χ0) is 39.3. The molecule has 1 fully saturated rings. The molecule has 0 aliphatic carbocycles. The fourth-order valence-electron chi connectivity index (χ4n) is 5.69. The topological polar surface area (TPSA) is 230 Å². The van der Waals surface area contributed by atoms with Gasteiger partial charge in [0.2, 0.25) is 0 Å². The van der Waals surface area contributed by atoms with Crippen LogP contribution in [0.3, 0.4) is 0 Å². The summed E-state index contributed by atoms with van der Waals surface area (Å²) in [5.74, 6) is -1.91. The number of hydrogen-bond acceptors (Lipinski definition) is 15. The van der Waals surface area contributed by atoms with Gasteiger partial charge in [-0.3, -0.25) is 18.7 Å². The van der Waals surface area contributed by atoms with Gasteiger partial charge in [0, 0.05) is 33.1 Å². The molecule has 0 radical (unpaired) electrons. The van der Waals surface area contributed by atoms with E-state index in [1.807, 2.05) is 0 Å². The summed E-state index contributed by atoms with van der Waals surface area (Å²) in [6.45, 7) is 3.42. The van der Waals surface area contributed by atoms with Crippen molar-refractivity contribution in [2.24, 2.45) is 0 Å². The Morgan fingerprint density at radius 3 is 1.69 bits per heavy atom. The second-order valence-electron chi connectivity index (χ2n) is 11.8. The number of carbonyl (C=O) groups is 2. The highest BCUT2D eigenvalue weighted by Crippen LogP contribution is 2.48. The second-order valence-corrected chi connectivity index (χ2v) is 16.3. The molecule has 2 amide bonds. The van der Waals surface area contributed by atoms with Crippen LogP contribution in [-0.4, -0.2) is 60.6 Å². The third kappa shape index (κ3) is 9.29. The van der Waals surface area contributed by atoms with Gasteiger partial charge < -0.3 is 4.90 Å². The average Bonchev–Trinajstić information content (AvgIpc) is 3.50. The summed E-state index contributed by atoms with van der Waals surface area (Å²) in [4.78, 5) is 29.8. The molecule has 0 unspecified atom stereocenters. The van der Waals surface area contributed by atoms with Crippen LogP contribution in [0, 0.1) is 0 Å². The van der Waals surface area contributed by atoms with Crippen LogP contribution in [0.4, 0.5) is 17.1 Å². The van der Waals surface area contributed by atoms with E-state index in [1.54, 1.807) is 91.6 Å². The Bertz CT molecular complexity index is 2170. The quantitative estimate of drug-likeness (QED) is 0.0274. The molecule has 4 N–H and O–H groups in total. The van der Waals surface area contributed by atoms with E-state index in [-0.39, 0.29) is 17.0 Å². The number of hydrogen-bond donors (Lipinski definition) is 4. The van der Waals surface area contributed by atoms with Crippen molar-refractivity contribution in [3.8, 4) is 0 Å². The highest BCUT2D eigenvalue weighted by molar-refractivity contribution is 7.94. The van der Waals surface area contributed by atoms with Gasteiger partial charge in [0.15, 0.2) is 0 Å². The van der Waals surface area contributed by atoms with Crippen molar-refractivity contribution < 1.29 is 64.8 Å². The summed E-state index contributed by atoms with van der Waals surface area (Å²) >= 11 is 1.42. The molecule has 0 atom stereocenters. The largest absolute Gasteiger partial charge is 0.343 e. The molecular formula is C33H31N3O14S4. The Hall–Kier alpha value is -4.36. The van der Waals surface area contributed by atoms with Gasteiger partial charge in [0.05, 0.1) is 46.1 Å². The SMILES string of the molecule is CC1(C)C(=CC=CC=CC=C2C(=O)N(c3ccc(SOOO)cc3)N(c3ccc(SOOO)cc3)C2=O)N(CCS(=O)(=O)O)c2ccc(S(=O)(=O)O)cc21. The monoisotopic (exact) mass is 821 g/mol. The predicted molar refractivity (Wildman–Crippen MR) is 197 cm³/mol. The molecule has 54 heavy (non-hydrogen) atoms. The molecule has 3 aromatic rings. The van der Waals surface area contributed by atoms with E-state index in [9.17, 15) is 35.5 Å². The maximum Gasteiger partial charge on any atom is 0.294 e. The average molecular weight is 822 g/mol. The summed E-state index contributed by atoms with van der Waals surface area (Å²) < 4.78 is 74.9. The lowest BCUT2D eigenvalue weighted by atomic mass is 9.83. The van der Waals surface area contributed by atoms with Gasteiger partial charge in [-0.1, -0.05) is 48.2 Å². The minimum Gasteiger partial charge on any atom is -0.343 e. The van der Waals surface area contributed by atoms with Crippen molar-refractivity contribution in [1.82, 2.24) is 0 Å². The molecule has 0 aromatic heterocycles. The molecule has 2 aliphatic rings. The predicted octanol–water partition coefficient (Wildman–Crippen LogP) is 5.69. The second kappa shape index (κ2) is 17.0. The van der Waals surface area contributed by atoms with Gasteiger partial charge in [-0.2, -0.15) is 16.8 Å². The fourth-order valence-corrected chi connectivity index (χ4v) is 7.33. The highest BCUT2D eigenvalue weighted by Gasteiger charge is 2.43. The van der Waals surface area contributed by atoms with Gasteiger partial charge in [0.25, 0.3) is 32.1 Å². The number of anilines is 3. The van der Waals surface area contributed by atoms with E-state index in [0.717, 1.165) is 0 Å². The normalized spacial score (nSPS) is 16.8.